The van der Waals surface area contributed by atoms with Gasteiger partial charge in [-0.05, 0) is 49.9 Å². The average Bonchev–Trinajstić information content (AvgIpc) is 3.20. The molecule has 0 saturated carbocycles. The van der Waals surface area contributed by atoms with Crippen LogP contribution >= 0.6 is 0 Å². The quantitative estimate of drug-likeness (QED) is 0.0457. The SMILES string of the molecule is O=[C]CC[C@H](NC(=O)COCCOCCNC(=O)COCCOCCNC(=O)CC[C@H](NC(=O)CCCCCCCCCOc1ccc(C(=O)O)cc1)C(=O)O)C(=O)O. The summed E-state index contributed by atoms with van der Waals surface area (Å²) in [4.78, 5) is 91.9. The number of ether oxygens (including phenoxy) is 5. The van der Waals surface area contributed by atoms with Crippen LogP contribution in [0.3, 0.4) is 0 Å². The average molecular weight is 840 g/mol. The van der Waals surface area contributed by atoms with Gasteiger partial charge in [-0.25, -0.2) is 14.4 Å². The smallest absolute Gasteiger partial charge is 0.335 e. The van der Waals surface area contributed by atoms with Gasteiger partial charge in [0, 0.05) is 32.4 Å². The third kappa shape index (κ3) is 28.8. The number of carboxylic acids is 3. The van der Waals surface area contributed by atoms with E-state index in [2.05, 4.69) is 21.3 Å². The fourth-order valence-electron chi connectivity index (χ4n) is 5.09. The Morgan fingerprint density at radius 1 is 0.542 bits per heavy atom. The van der Waals surface area contributed by atoms with Crippen molar-refractivity contribution >= 4 is 47.8 Å². The molecule has 2 atom stereocenters. The van der Waals surface area contributed by atoms with E-state index in [1.807, 2.05) is 0 Å². The van der Waals surface area contributed by atoms with Gasteiger partial charge in [-0.1, -0.05) is 32.1 Å². The number of nitrogens with one attached hydrogen (secondary N) is 4. The Hall–Kier alpha value is -5.18. The molecule has 331 valence electrons. The lowest BCUT2D eigenvalue weighted by molar-refractivity contribution is -0.143. The number of aliphatic carboxylic acids is 2. The van der Waals surface area contributed by atoms with Crippen LogP contribution in [0.1, 0.15) is 87.4 Å². The molecule has 59 heavy (non-hydrogen) atoms. The van der Waals surface area contributed by atoms with E-state index in [0.29, 0.717) is 18.8 Å². The van der Waals surface area contributed by atoms with Crippen LogP contribution in [0.2, 0.25) is 0 Å². The molecule has 0 bridgehead atoms. The highest BCUT2D eigenvalue weighted by atomic mass is 16.5. The molecule has 0 aliphatic carbocycles. The highest BCUT2D eigenvalue weighted by Gasteiger charge is 2.21. The molecule has 0 aliphatic rings. The number of unbranched alkanes of at least 4 members (excludes halogenated alkanes) is 6. The highest BCUT2D eigenvalue weighted by Crippen LogP contribution is 2.14. The Labute approximate surface area is 343 Å². The summed E-state index contributed by atoms with van der Waals surface area (Å²) in [6.07, 6.45) is 7.66. The van der Waals surface area contributed by atoms with Crippen LogP contribution < -0.4 is 26.0 Å². The minimum Gasteiger partial charge on any atom is -0.494 e. The summed E-state index contributed by atoms with van der Waals surface area (Å²) in [6, 6.07) is 3.88. The summed E-state index contributed by atoms with van der Waals surface area (Å²) >= 11 is 0. The van der Waals surface area contributed by atoms with Crippen LogP contribution in [-0.2, 0) is 52.5 Å². The number of benzene rings is 1. The van der Waals surface area contributed by atoms with Crippen molar-refractivity contribution < 1.29 is 77.4 Å². The van der Waals surface area contributed by atoms with Gasteiger partial charge in [0.15, 0.2) is 6.29 Å². The van der Waals surface area contributed by atoms with Crippen molar-refractivity contribution in [1.29, 1.82) is 0 Å². The number of carboxylic acid groups (broad SMARTS) is 3. The number of amides is 4. The van der Waals surface area contributed by atoms with E-state index >= 15 is 0 Å². The maximum Gasteiger partial charge on any atom is 0.335 e. The molecule has 20 nitrogen and oxygen atoms in total. The normalized spacial score (nSPS) is 11.8. The molecule has 1 rings (SSSR count). The Balaban J connectivity index is 1.97. The van der Waals surface area contributed by atoms with Crippen LogP contribution in [0, 0.1) is 0 Å². The first-order valence-corrected chi connectivity index (χ1v) is 19.6. The predicted octanol–water partition coefficient (Wildman–Crippen LogP) is 0.992. The van der Waals surface area contributed by atoms with E-state index in [9.17, 15) is 43.5 Å². The molecule has 0 spiro atoms. The molecule has 0 heterocycles. The number of hydrogen-bond acceptors (Lipinski definition) is 13. The third-order valence-corrected chi connectivity index (χ3v) is 8.23. The highest BCUT2D eigenvalue weighted by molar-refractivity contribution is 5.87. The topological polar surface area (TPSA) is 292 Å². The van der Waals surface area contributed by atoms with Gasteiger partial charge in [-0.3, -0.25) is 24.0 Å². The predicted molar refractivity (Wildman–Crippen MR) is 208 cm³/mol. The molecule has 1 aromatic carbocycles. The van der Waals surface area contributed by atoms with E-state index in [0.717, 1.165) is 38.5 Å². The Kier molecular flexibility index (Phi) is 29.7. The molecule has 0 saturated heterocycles. The van der Waals surface area contributed by atoms with Crippen molar-refractivity contribution in [2.75, 3.05) is 72.6 Å². The fourth-order valence-corrected chi connectivity index (χ4v) is 5.09. The fraction of sp³-hybridized carbons (Fsp3) is 0.641. The van der Waals surface area contributed by atoms with E-state index < -0.39 is 35.9 Å². The summed E-state index contributed by atoms with van der Waals surface area (Å²) in [5.74, 6) is -4.63. The molecular formula is C39H59N4O16. The van der Waals surface area contributed by atoms with Crippen LogP contribution in [0.15, 0.2) is 24.3 Å². The summed E-state index contributed by atoms with van der Waals surface area (Å²) in [6.45, 7) is 1.12. The van der Waals surface area contributed by atoms with Gasteiger partial charge in [0.1, 0.15) is 31.0 Å². The number of hydrogen-bond donors (Lipinski definition) is 7. The second kappa shape index (κ2) is 33.8. The standard InChI is InChI=1S/C39H59N4O16/c44-19-8-9-31(38(51)52)43-36(48)28-58-26-24-56-22-18-41-35(47)27-57-25-23-55-21-17-40-33(45)16-15-32(39(53)54)42-34(46)10-6-4-2-1-3-5-7-20-59-30-13-11-29(12-14-30)37(49)50/h11-14,31-32H,1-10,15-18,20-28H2,(H,40,45)(H,41,47)(H,42,46)(H,43,48)(H,49,50)(H,51,52)(H,53,54)/t31-,32-/m0/s1. The summed E-state index contributed by atoms with van der Waals surface area (Å²) in [5.41, 5.74) is 0.209. The van der Waals surface area contributed by atoms with Crippen LogP contribution in [-0.4, -0.2) is 148 Å². The molecule has 0 unspecified atom stereocenters. The van der Waals surface area contributed by atoms with Crippen LogP contribution in [0.4, 0.5) is 0 Å². The van der Waals surface area contributed by atoms with Crippen LogP contribution in [0.5, 0.6) is 5.75 Å². The molecule has 1 radical (unpaired) electrons. The lowest BCUT2D eigenvalue weighted by Crippen LogP contribution is -2.42. The maximum absolute atomic E-state index is 12.3. The zero-order chi connectivity index (χ0) is 43.5. The lowest BCUT2D eigenvalue weighted by atomic mass is 10.1. The summed E-state index contributed by atoms with van der Waals surface area (Å²) < 4.78 is 26.6. The second-order valence-corrected chi connectivity index (χ2v) is 13.1. The Bertz CT molecular complexity index is 1410. The first-order chi connectivity index (χ1) is 28.4. The maximum atomic E-state index is 12.3. The van der Waals surface area contributed by atoms with Crippen molar-refractivity contribution in [3.63, 3.8) is 0 Å². The van der Waals surface area contributed by atoms with Gasteiger partial charge in [0.25, 0.3) is 0 Å². The van der Waals surface area contributed by atoms with Crippen molar-refractivity contribution in [2.24, 2.45) is 0 Å². The molecule has 1 aromatic rings. The monoisotopic (exact) mass is 839 g/mol. The van der Waals surface area contributed by atoms with Crippen LogP contribution in [0.25, 0.3) is 0 Å². The van der Waals surface area contributed by atoms with Gasteiger partial charge >= 0.3 is 17.9 Å². The molecule has 4 amide bonds. The molecule has 0 fully saturated rings. The second-order valence-electron chi connectivity index (χ2n) is 13.1. The van der Waals surface area contributed by atoms with Crippen molar-refractivity contribution in [2.45, 2.75) is 89.1 Å². The minimum atomic E-state index is -1.26. The van der Waals surface area contributed by atoms with Gasteiger partial charge in [-0.15, -0.1) is 0 Å². The molecule has 0 aliphatic heterocycles. The number of aromatic carboxylic acids is 1. The zero-order valence-corrected chi connectivity index (χ0v) is 33.4. The summed E-state index contributed by atoms with van der Waals surface area (Å²) in [5, 5.41) is 37.4. The lowest BCUT2D eigenvalue weighted by Gasteiger charge is -2.14. The minimum absolute atomic E-state index is 0.0567. The van der Waals surface area contributed by atoms with E-state index in [1.165, 1.54) is 12.1 Å². The number of carbonyl (C=O) groups is 7. The number of carbonyl (C=O) groups excluding carboxylic acids is 5. The first kappa shape index (κ1) is 51.8. The van der Waals surface area contributed by atoms with E-state index in [1.54, 1.807) is 18.4 Å². The van der Waals surface area contributed by atoms with Crippen molar-refractivity contribution in [1.82, 2.24) is 21.3 Å². The third-order valence-electron chi connectivity index (χ3n) is 8.23. The van der Waals surface area contributed by atoms with Gasteiger partial charge < -0.3 is 60.3 Å². The van der Waals surface area contributed by atoms with Gasteiger partial charge in [0.2, 0.25) is 23.6 Å². The molecule has 7 N–H and O–H groups in total. The Morgan fingerprint density at radius 2 is 1.05 bits per heavy atom. The van der Waals surface area contributed by atoms with E-state index in [4.69, 9.17) is 33.9 Å². The molecule has 0 aromatic heterocycles. The summed E-state index contributed by atoms with van der Waals surface area (Å²) in [7, 11) is 0. The first-order valence-electron chi connectivity index (χ1n) is 19.6. The van der Waals surface area contributed by atoms with E-state index in [-0.39, 0.29) is 121 Å². The van der Waals surface area contributed by atoms with Gasteiger partial charge in [-0.2, -0.15) is 0 Å². The molecule has 20 heteroatoms. The zero-order valence-electron chi connectivity index (χ0n) is 33.4. The number of rotatable bonds is 38. The van der Waals surface area contributed by atoms with Crippen molar-refractivity contribution in [3.05, 3.63) is 29.8 Å². The Morgan fingerprint density at radius 3 is 1.63 bits per heavy atom. The molecular weight excluding hydrogens is 780 g/mol. The van der Waals surface area contributed by atoms with Crippen molar-refractivity contribution in [3.8, 4) is 5.75 Å². The van der Waals surface area contributed by atoms with Gasteiger partial charge in [0.05, 0.1) is 51.8 Å². The largest absolute Gasteiger partial charge is 0.494 e.